The Morgan fingerprint density at radius 3 is 2.55 bits per heavy atom. The largest absolute Gasteiger partial charge is 0.342 e. The first-order valence-corrected chi connectivity index (χ1v) is 11.4. The van der Waals surface area contributed by atoms with Crippen molar-refractivity contribution >= 4 is 28.7 Å². The minimum Gasteiger partial charge on any atom is -0.342 e. The van der Waals surface area contributed by atoms with Crippen molar-refractivity contribution in [2.45, 2.75) is 49.8 Å². The molecule has 4 nitrogen and oxygen atoms in total. The summed E-state index contributed by atoms with van der Waals surface area (Å²) >= 11 is 1.85. The Labute approximate surface area is 177 Å². The second-order valence-corrected chi connectivity index (χ2v) is 9.85. The highest BCUT2D eigenvalue weighted by Crippen LogP contribution is 2.24. The molecule has 29 heavy (non-hydrogen) atoms. The molecule has 1 saturated heterocycles. The van der Waals surface area contributed by atoms with Gasteiger partial charge in [-0.2, -0.15) is 0 Å². The van der Waals surface area contributed by atoms with E-state index in [2.05, 4.69) is 65.9 Å². The molecule has 0 N–H and O–H groups in total. The maximum atomic E-state index is 12.7. The van der Waals surface area contributed by atoms with Crippen molar-refractivity contribution in [1.82, 2.24) is 14.5 Å². The molecule has 0 aliphatic carbocycles. The van der Waals surface area contributed by atoms with E-state index >= 15 is 0 Å². The van der Waals surface area contributed by atoms with Gasteiger partial charge in [-0.1, -0.05) is 38.1 Å². The molecule has 1 aliphatic heterocycles. The lowest BCUT2D eigenvalue weighted by Gasteiger charge is -2.32. The Hall–Kier alpha value is -2.27. The summed E-state index contributed by atoms with van der Waals surface area (Å²) in [5.74, 6) is 0.852. The van der Waals surface area contributed by atoms with E-state index in [1.165, 1.54) is 10.4 Å². The molecule has 1 aromatic heterocycles. The van der Waals surface area contributed by atoms with E-state index in [-0.39, 0.29) is 5.91 Å². The van der Waals surface area contributed by atoms with Crippen LogP contribution in [0.15, 0.2) is 59.8 Å². The van der Waals surface area contributed by atoms with Gasteiger partial charge in [0.15, 0.2) is 0 Å². The van der Waals surface area contributed by atoms with Gasteiger partial charge in [0, 0.05) is 29.8 Å². The lowest BCUT2D eigenvalue weighted by atomic mass is 9.96. The summed E-state index contributed by atoms with van der Waals surface area (Å²) in [6.45, 7) is 7.09. The van der Waals surface area contributed by atoms with Crippen LogP contribution in [-0.4, -0.2) is 38.7 Å². The topological polar surface area (TPSA) is 38.1 Å². The number of hydrogen-bond donors (Lipinski definition) is 0. The van der Waals surface area contributed by atoms with Gasteiger partial charge in [0.2, 0.25) is 5.91 Å². The molecule has 2 aromatic carbocycles. The van der Waals surface area contributed by atoms with E-state index in [9.17, 15) is 4.79 Å². The molecule has 0 saturated carbocycles. The van der Waals surface area contributed by atoms with E-state index in [1.54, 1.807) is 0 Å². The van der Waals surface area contributed by atoms with Crippen LogP contribution in [0.4, 0.5) is 0 Å². The van der Waals surface area contributed by atoms with Crippen LogP contribution in [0.25, 0.3) is 11.0 Å². The van der Waals surface area contributed by atoms with Crippen LogP contribution in [0.1, 0.15) is 32.3 Å². The molecule has 5 heteroatoms. The first kappa shape index (κ1) is 20.0. The van der Waals surface area contributed by atoms with Gasteiger partial charge in [-0.25, -0.2) is 4.98 Å². The van der Waals surface area contributed by atoms with Crippen LogP contribution >= 0.6 is 11.8 Å². The minimum absolute atomic E-state index is 0.251. The number of benzene rings is 2. The maximum absolute atomic E-state index is 12.7. The second-order valence-electron chi connectivity index (χ2n) is 8.20. The third-order valence-corrected chi connectivity index (χ3v) is 6.62. The summed E-state index contributed by atoms with van der Waals surface area (Å²) in [6, 6.07) is 16.7. The van der Waals surface area contributed by atoms with E-state index in [4.69, 9.17) is 0 Å². The highest BCUT2D eigenvalue weighted by Gasteiger charge is 2.23. The maximum Gasteiger partial charge on any atom is 0.226 e. The van der Waals surface area contributed by atoms with Crippen LogP contribution in [0.5, 0.6) is 0 Å². The predicted molar refractivity (Wildman–Crippen MR) is 120 cm³/mol. The van der Waals surface area contributed by atoms with Gasteiger partial charge in [0.25, 0.3) is 0 Å². The second kappa shape index (κ2) is 9.04. The number of fused-ring (bicyclic) bond motifs is 1. The van der Waals surface area contributed by atoms with Crippen LogP contribution in [0.3, 0.4) is 0 Å². The summed E-state index contributed by atoms with van der Waals surface area (Å²) in [5.41, 5.74) is 3.36. The Morgan fingerprint density at radius 1 is 1.10 bits per heavy atom. The number of piperidine rings is 1. The Bertz CT molecular complexity index is 956. The molecule has 0 radical (unpaired) electrons. The molecule has 152 valence electrons. The fraction of sp³-hybridized carbons (Fsp3) is 0.417. The molecule has 1 aliphatic rings. The Balaban J connectivity index is 1.28. The predicted octanol–water partition coefficient (Wildman–Crippen LogP) is 5.02. The standard InChI is InChI=1S/C24H29N3OS/c1-18(2)29-21-9-7-19(8-10-21)15-24(28)26-13-11-20(12-14-26)16-27-17-25-22-5-3-4-6-23(22)27/h3-10,17-18,20H,11-16H2,1-2H3. The fourth-order valence-corrected chi connectivity index (χ4v) is 4.88. The number of amides is 1. The molecule has 0 bridgehead atoms. The SMILES string of the molecule is CC(C)Sc1ccc(CC(=O)N2CCC(Cn3cnc4ccccc43)CC2)cc1. The molecule has 0 spiro atoms. The average Bonchev–Trinajstić information content (AvgIpc) is 3.12. The number of aromatic nitrogens is 2. The van der Waals surface area contributed by atoms with Gasteiger partial charge in [-0.05, 0) is 48.6 Å². The number of hydrogen-bond acceptors (Lipinski definition) is 3. The zero-order valence-electron chi connectivity index (χ0n) is 17.3. The van der Waals surface area contributed by atoms with Crippen LogP contribution in [0.2, 0.25) is 0 Å². The van der Waals surface area contributed by atoms with E-state index in [0.717, 1.165) is 43.6 Å². The number of carbonyl (C=O) groups is 1. The van der Waals surface area contributed by atoms with Gasteiger partial charge in [-0.3, -0.25) is 4.79 Å². The van der Waals surface area contributed by atoms with Crippen molar-refractivity contribution < 1.29 is 4.79 Å². The van der Waals surface area contributed by atoms with Crippen LogP contribution < -0.4 is 0 Å². The minimum atomic E-state index is 0.251. The molecule has 1 fully saturated rings. The molecule has 0 unspecified atom stereocenters. The number of carbonyl (C=O) groups excluding carboxylic acids is 1. The molecule has 3 aromatic rings. The van der Waals surface area contributed by atoms with Gasteiger partial charge in [0.1, 0.15) is 0 Å². The zero-order chi connectivity index (χ0) is 20.2. The highest BCUT2D eigenvalue weighted by molar-refractivity contribution is 7.99. The molecule has 4 rings (SSSR count). The summed E-state index contributed by atoms with van der Waals surface area (Å²) < 4.78 is 2.26. The number of nitrogens with zero attached hydrogens (tertiary/aromatic N) is 3. The summed E-state index contributed by atoms with van der Waals surface area (Å²) in [5, 5.41) is 0.573. The van der Waals surface area contributed by atoms with Crippen LogP contribution in [0, 0.1) is 5.92 Å². The van der Waals surface area contributed by atoms with Gasteiger partial charge >= 0.3 is 0 Å². The first-order chi connectivity index (χ1) is 14.1. The van der Waals surface area contributed by atoms with Crippen molar-refractivity contribution in [2.24, 2.45) is 5.92 Å². The number of thioether (sulfide) groups is 1. The molecular formula is C24H29N3OS. The molecule has 0 atom stereocenters. The summed E-state index contributed by atoms with van der Waals surface area (Å²) in [6.07, 6.45) is 4.57. The average molecular weight is 408 g/mol. The van der Waals surface area contributed by atoms with E-state index < -0.39 is 0 Å². The van der Waals surface area contributed by atoms with E-state index in [0.29, 0.717) is 17.6 Å². The van der Waals surface area contributed by atoms with Crippen molar-refractivity contribution in [3.8, 4) is 0 Å². The fourth-order valence-electron chi connectivity index (χ4n) is 4.04. The third-order valence-electron chi connectivity index (χ3n) is 5.60. The quantitative estimate of drug-likeness (QED) is 0.539. The van der Waals surface area contributed by atoms with Crippen LogP contribution in [-0.2, 0) is 17.8 Å². The van der Waals surface area contributed by atoms with Crippen molar-refractivity contribution in [3.63, 3.8) is 0 Å². The lowest BCUT2D eigenvalue weighted by molar-refractivity contribution is -0.131. The van der Waals surface area contributed by atoms with Gasteiger partial charge < -0.3 is 9.47 Å². The molecule has 2 heterocycles. The molecule has 1 amide bonds. The normalized spacial score (nSPS) is 15.3. The van der Waals surface area contributed by atoms with Gasteiger partial charge in [-0.15, -0.1) is 11.8 Å². The monoisotopic (exact) mass is 407 g/mol. The first-order valence-electron chi connectivity index (χ1n) is 10.5. The number of likely N-dealkylation sites (tertiary alicyclic amines) is 1. The molecular weight excluding hydrogens is 378 g/mol. The Kier molecular flexibility index (Phi) is 6.24. The number of para-hydroxylation sites is 2. The lowest BCUT2D eigenvalue weighted by Crippen LogP contribution is -2.40. The van der Waals surface area contributed by atoms with Crippen molar-refractivity contribution in [3.05, 3.63) is 60.4 Å². The number of rotatable bonds is 6. The number of imidazole rings is 1. The van der Waals surface area contributed by atoms with E-state index in [1.807, 2.05) is 29.1 Å². The van der Waals surface area contributed by atoms with Crippen molar-refractivity contribution in [1.29, 1.82) is 0 Å². The highest BCUT2D eigenvalue weighted by atomic mass is 32.2. The third kappa shape index (κ3) is 5.02. The summed E-state index contributed by atoms with van der Waals surface area (Å²) in [4.78, 5) is 20.5. The smallest absolute Gasteiger partial charge is 0.226 e. The summed E-state index contributed by atoms with van der Waals surface area (Å²) in [7, 11) is 0. The Morgan fingerprint density at radius 2 is 1.83 bits per heavy atom. The van der Waals surface area contributed by atoms with Gasteiger partial charge in [0.05, 0.1) is 23.8 Å². The van der Waals surface area contributed by atoms with Crippen molar-refractivity contribution in [2.75, 3.05) is 13.1 Å². The zero-order valence-corrected chi connectivity index (χ0v) is 18.1.